The van der Waals surface area contributed by atoms with Crippen LogP contribution in [0.25, 0.3) is 10.2 Å². The van der Waals surface area contributed by atoms with E-state index in [1.807, 2.05) is 24.1 Å². The van der Waals surface area contributed by atoms with Gasteiger partial charge in [0, 0.05) is 52.2 Å². The van der Waals surface area contributed by atoms with Crippen LogP contribution in [0.5, 0.6) is 0 Å². The van der Waals surface area contributed by atoms with E-state index in [-0.39, 0.29) is 11.5 Å². The summed E-state index contributed by atoms with van der Waals surface area (Å²) in [5, 5.41) is 0.559. The monoisotopic (exact) mass is 383 g/mol. The topological polar surface area (TPSA) is 71.3 Å². The van der Waals surface area contributed by atoms with E-state index in [1.165, 1.54) is 27.8 Å². The van der Waals surface area contributed by atoms with Gasteiger partial charge in [-0.1, -0.05) is 6.07 Å². The van der Waals surface area contributed by atoms with Crippen molar-refractivity contribution in [3.8, 4) is 0 Å². The fourth-order valence-electron chi connectivity index (χ4n) is 3.42. The van der Waals surface area contributed by atoms with E-state index in [4.69, 9.17) is 0 Å². The van der Waals surface area contributed by atoms with Gasteiger partial charge in [0.05, 0.1) is 16.6 Å². The van der Waals surface area contributed by atoms with Crippen LogP contribution in [-0.2, 0) is 13.6 Å². The molecule has 0 unspecified atom stereocenters. The van der Waals surface area contributed by atoms with Gasteiger partial charge in [-0.05, 0) is 24.1 Å². The number of carbonyl (C=O) groups excluding carboxylic acids is 1. The second-order valence-electron chi connectivity index (χ2n) is 6.83. The Kier molecular flexibility index (Phi) is 4.75. The SMILES string of the molecule is Cc1c(C(=O)N2CCN(Cc3cccnc3)CC2)sc2ncn(C)c(=O)c12. The van der Waals surface area contributed by atoms with Crippen molar-refractivity contribution >= 4 is 27.5 Å². The van der Waals surface area contributed by atoms with Gasteiger partial charge in [-0.15, -0.1) is 11.3 Å². The number of carbonyl (C=O) groups is 1. The number of amides is 1. The minimum Gasteiger partial charge on any atom is -0.335 e. The molecule has 140 valence electrons. The highest BCUT2D eigenvalue weighted by molar-refractivity contribution is 7.20. The third kappa shape index (κ3) is 3.38. The van der Waals surface area contributed by atoms with Gasteiger partial charge in [0.1, 0.15) is 4.83 Å². The zero-order valence-electron chi connectivity index (χ0n) is 15.4. The summed E-state index contributed by atoms with van der Waals surface area (Å²) in [6.07, 6.45) is 5.16. The third-order valence-electron chi connectivity index (χ3n) is 4.99. The summed E-state index contributed by atoms with van der Waals surface area (Å²) < 4.78 is 1.45. The van der Waals surface area contributed by atoms with E-state index in [0.29, 0.717) is 28.2 Å². The van der Waals surface area contributed by atoms with Crippen LogP contribution in [0.3, 0.4) is 0 Å². The zero-order valence-corrected chi connectivity index (χ0v) is 16.2. The van der Waals surface area contributed by atoms with Crippen LogP contribution in [-0.4, -0.2) is 56.4 Å². The number of nitrogens with zero attached hydrogens (tertiary/aromatic N) is 5. The first-order valence-electron chi connectivity index (χ1n) is 8.90. The lowest BCUT2D eigenvalue weighted by Crippen LogP contribution is -2.48. The molecule has 1 fully saturated rings. The number of hydrogen-bond donors (Lipinski definition) is 0. The summed E-state index contributed by atoms with van der Waals surface area (Å²) in [4.78, 5) is 39.3. The average molecular weight is 383 g/mol. The number of piperazine rings is 1. The number of pyridine rings is 1. The van der Waals surface area contributed by atoms with Gasteiger partial charge < -0.3 is 9.47 Å². The Morgan fingerprint density at radius 2 is 2.04 bits per heavy atom. The van der Waals surface area contributed by atoms with Crippen molar-refractivity contribution in [2.75, 3.05) is 26.2 Å². The summed E-state index contributed by atoms with van der Waals surface area (Å²) in [6, 6.07) is 4.01. The molecule has 0 spiro atoms. The minimum absolute atomic E-state index is 0.00131. The van der Waals surface area contributed by atoms with Crippen LogP contribution in [0.4, 0.5) is 0 Å². The maximum atomic E-state index is 13.0. The molecule has 1 aliphatic rings. The number of fused-ring (bicyclic) bond motifs is 1. The van der Waals surface area contributed by atoms with Crippen LogP contribution in [0.1, 0.15) is 20.8 Å². The maximum absolute atomic E-state index is 13.0. The first-order chi connectivity index (χ1) is 13.0. The second kappa shape index (κ2) is 7.21. The Morgan fingerprint density at radius 1 is 1.26 bits per heavy atom. The van der Waals surface area contributed by atoms with E-state index < -0.39 is 0 Å². The Bertz CT molecular complexity index is 1040. The van der Waals surface area contributed by atoms with Crippen molar-refractivity contribution < 1.29 is 4.79 Å². The molecule has 1 amide bonds. The smallest absolute Gasteiger partial charge is 0.264 e. The van der Waals surface area contributed by atoms with Crippen LogP contribution < -0.4 is 5.56 Å². The van der Waals surface area contributed by atoms with E-state index in [9.17, 15) is 9.59 Å². The second-order valence-corrected chi connectivity index (χ2v) is 7.83. The van der Waals surface area contributed by atoms with Gasteiger partial charge in [-0.25, -0.2) is 4.98 Å². The quantitative estimate of drug-likeness (QED) is 0.688. The van der Waals surface area contributed by atoms with Crippen molar-refractivity contribution in [1.29, 1.82) is 0 Å². The van der Waals surface area contributed by atoms with Gasteiger partial charge >= 0.3 is 0 Å². The summed E-state index contributed by atoms with van der Waals surface area (Å²) in [6.45, 7) is 5.69. The lowest BCUT2D eigenvalue weighted by molar-refractivity contribution is 0.0632. The molecule has 4 rings (SSSR count). The molecule has 0 saturated carbocycles. The predicted molar refractivity (Wildman–Crippen MR) is 105 cm³/mol. The van der Waals surface area contributed by atoms with Crippen molar-refractivity contribution in [2.45, 2.75) is 13.5 Å². The van der Waals surface area contributed by atoms with E-state index in [1.54, 1.807) is 13.2 Å². The first kappa shape index (κ1) is 17.8. The number of hydrogen-bond acceptors (Lipinski definition) is 6. The molecular formula is C19H21N5O2S. The highest BCUT2D eigenvalue weighted by Crippen LogP contribution is 2.28. The molecule has 0 radical (unpaired) electrons. The summed E-state index contributed by atoms with van der Waals surface area (Å²) >= 11 is 1.31. The van der Waals surface area contributed by atoms with Crippen molar-refractivity contribution in [3.63, 3.8) is 0 Å². The van der Waals surface area contributed by atoms with Gasteiger partial charge in [0.2, 0.25) is 0 Å². The minimum atomic E-state index is -0.103. The molecule has 7 nitrogen and oxygen atoms in total. The lowest BCUT2D eigenvalue weighted by Gasteiger charge is -2.34. The molecule has 4 heterocycles. The highest BCUT2D eigenvalue weighted by atomic mass is 32.1. The molecule has 8 heteroatoms. The molecule has 0 aliphatic carbocycles. The van der Waals surface area contributed by atoms with E-state index in [2.05, 4.69) is 20.9 Å². The summed E-state index contributed by atoms with van der Waals surface area (Å²) in [5.74, 6) is -0.00131. The van der Waals surface area contributed by atoms with Gasteiger partial charge in [0.25, 0.3) is 11.5 Å². The molecule has 0 aromatic carbocycles. The van der Waals surface area contributed by atoms with Crippen LogP contribution >= 0.6 is 11.3 Å². The van der Waals surface area contributed by atoms with Crippen molar-refractivity contribution in [2.24, 2.45) is 7.05 Å². The standard InChI is InChI=1S/C19H21N5O2S/c1-13-15-17(21-12-22(2)18(15)25)27-16(13)19(26)24-8-6-23(7-9-24)11-14-4-3-5-20-10-14/h3-5,10,12H,6-9,11H2,1-2H3. The average Bonchev–Trinajstić information content (AvgIpc) is 3.03. The fourth-order valence-corrected chi connectivity index (χ4v) is 4.52. The molecule has 0 N–H and O–H groups in total. The Morgan fingerprint density at radius 3 is 2.74 bits per heavy atom. The molecule has 3 aromatic rings. The molecule has 0 atom stereocenters. The predicted octanol–water partition coefficient (Wildman–Crippen LogP) is 1.66. The van der Waals surface area contributed by atoms with Gasteiger partial charge in [-0.3, -0.25) is 19.5 Å². The molecule has 27 heavy (non-hydrogen) atoms. The van der Waals surface area contributed by atoms with Crippen LogP contribution in [0, 0.1) is 6.92 Å². The number of rotatable bonds is 3. The van der Waals surface area contributed by atoms with E-state index in [0.717, 1.165) is 25.2 Å². The Hall–Kier alpha value is -2.58. The highest BCUT2D eigenvalue weighted by Gasteiger charge is 2.26. The molecule has 1 aliphatic heterocycles. The molecule has 0 bridgehead atoms. The van der Waals surface area contributed by atoms with Crippen LogP contribution in [0.15, 0.2) is 35.6 Å². The van der Waals surface area contributed by atoms with Gasteiger partial charge in [0.15, 0.2) is 0 Å². The first-order valence-corrected chi connectivity index (χ1v) is 9.71. The fraction of sp³-hybridized carbons (Fsp3) is 0.368. The Labute approximate surface area is 160 Å². The number of thiophene rings is 1. The molecule has 3 aromatic heterocycles. The van der Waals surface area contributed by atoms with Crippen molar-refractivity contribution in [1.82, 2.24) is 24.3 Å². The zero-order chi connectivity index (χ0) is 19.0. The summed E-state index contributed by atoms with van der Waals surface area (Å²) in [5.41, 5.74) is 1.82. The van der Waals surface area contributed by atoms with Crippen molar-refractivity contribution in [3.05, 3.63) is 57.2 Å². The normalized spacial score (nSPS) is 15.4. The molecule has 1 saturated heterocycles. The van der Waals surface area contributed by atoms with Gasteiger partial charge in [-0.2, -0.15) is 0 Å². The lowest BCUT2D eigenvalue weighted by atomic mass is 10.2. The van der Waals surface area contributed by atoms with Crippen LogP contribution in [0.2, 0.25) is 0 Å². The summed E-state index contributed by atoms with van der Waals surface area (Å²) in [7, 11) is 1.68. The molecular weight excluding hydrogens is 362 g/mol. The van der Waals surface area contributed by atoms with E-state index >= 15 is 0 Å². The number of aromatic nitrogens is 3. The number of aryl methyl sites for hydroxylation is 2. The maximum Gasteiger partial charge on any atom is 0.264 e. The largest absolute Gasteiger partial charge is 0.335 e. The Balaban J connectivity index is 1.48. The third-order valence-corrected chi connectivity index (χ3v) is 6.18.